The predicted octanol–water partition coefficient (Wildman–Crippen LogP) is 0.573. The van der Waals surface area contributed by atoms with Crippen LogP contribution in [0.15, 0.2) is 30.3 Å². The lowest BCUT2D eigenvalue weighted by atomic mass is 10.1. The lowest BCUT2D eigenvalue weighted by Gasteiger charge is -2.14. The highest BCUT2D eigenvalue weighted by molar-refractivity contribution is 5.82. The molecule has 0 radical (unpaired) electrons. The summed E-state index contributed by atoms with van der Waals surface area (Å²) >= 11 is 0. The average molecular weight is 222 g/mol. The maximum atomic E-state index is 11.6. The monoisotopic (exact) mass is 222 g/mol. The van der Waals surface area contributed by atoms with Crippen LogP contribution in [0.4, 0.5) is 0 Å². The Balaban J connectivity index is 2.49. The van der Waals surface area contributed by atoms with Gasteiger partial charge in [0.25, 0.3) is 0 Å². The van der Waals surface area contributed by atoms with E-state index in [0.29, 0.717) is 6.42 Å². The third kappa shape index (κ3) is 3.64. The summed E-state index contributed by atoms with van der Waals surface area (Å²) in [6, 6.07) is 8.48. The van der Waals surface area contributed by atoms with E-state index in [1.807, 2.05) is 25.1 Å². The molecule has 4 nitrogen and oxygen atoms in total. The van der Waals surface area contributed by atoms with E-state index in [9.17, 15) is 9.90 Å². The van der Waals surface area contributed by atoms with Crippen LogP contribution in [0.2, 0.25) is 0 Å². The van der Waals surface area contributed by atoms with Crippen LogP contribution in [-0.4, -0.2) is 23.7 Å². The van der Waals surface area contributed by atoms with Gasteiger partial charge in [-0.1, -0.05) is 37.3 Å². The molecule has 1 rings (SSSR count). The minimum absolute atomic E-state index is 0.246. The minimum atomic E-state index is -0.676. The summed E-state index contributed by atoms with van der Waals surface area (Å²) in [4.78, 5) is 11.6. The molecular formula is C12H18N2O2. The Hall–Kier alpha value is -1.39. The number of aliphatic hydroxyl groups is 1. The summed E-state index contributed by atoms with van der Waals surface area (Å²) < 4.78 is 0. The molecule has 0 saturated heterocycles. The van der Waals surface area contributed by atoms with Crippen molar-refractivity contribution >= 4 is 5.91 Å². The molecule has 0 bridgehead atoms. The van der Waals surface area contributed by atoms with Gasteiger partial charge in [-0.3, -0.25) is 4.79 Å². The molecule has 88 valence electrons. The average Bonchev–Trinajstić information content (AvgIpc) is 2.35. The van der Waals surface area contributed by atoms with Crippen molar-refractivity contribution in [3.05, 3.63) is 35.9 Å². The number of benzene rings is 1. The second-order valence-electron chi connectivity index (χ2n) is 3.70. The second-order valence-corrected chi connectivity index (χ2v) is 3.70. The summed E-state index contributed by atoms with van der Waals surface area (Å²) in [5.74, 6) is -0.265. The number of hydrogen-bond acceptors (Lipinski definition) is 3. The van der Waals surface area contributed by atoms with Gasteiger partial charge in [-0.2, -0.15) is 0 Å². The van der Waals surface area contributed by atoms with Crippen molar-refractivity contribution in [1.82, 2.24) is 5.32 Å². The second kappa shape index (κ2) is 6.25. The number of carbonyl (C=O) groups excluding carboxylic acids is 1. The van der Waals surface area contributed by atoms with Crippen molar-refractivity contribution in [3.63, 3.8) is 0 Å². The molecular weight excluding hydrogens is 204 g/mol. The zero-order valence-corrected chi connectivity index (χ0v) is 9.39. The molecule has 2 atom stereocenters. The standard InChI is InChI=1S/C12H18N2O2/c1-2-10(15)8-14-12(16)11(13)9-6-4-3-5-7-9/h3-7,10-11,15H,2,8,13H2,1H3,(H,14,16). The Labute approximate surface area is 95.5 Å². The number of rotatable bonds is 5. The fourth-order valence-electron chi connectivity index (χ4n) is 1.28. The van der Waals surface area contributed by atoms with Gasteiger partial charge >= 0.3 is 0 Å². The van der Waals surface area contributed by atoms with Crippen molar-refractivity contribution in [2.75, 3.05) is 6.54 Å². The summed E-state index contributed by atoms with van der Waals surface area (Å²) in [6.07, 6.45) is 0.104. The molecule has 4 N–H and O–H groups in total. The van der Waals surface area contributed by atoms with Crippen molar-refractivity contribution in [2.45, 2.75) is 25.5 Å². The summed E-state index contributed by atoms with van der Waals surface area (Å²) in [6.45, 7) is 2.10. The highest BCUT2D eigenvalue weighted by Gasteiger charge is 2.15. The van der Waals surface area contributed by atoms with Crippen molar-refractivity contribution in [1.29, 1.82) is 0 Å². The van der Waals surface area contributed by atoms with Crippen LogP contribution >= 0.6 is 0 Å². The van der Waals surface area contributed by atoms with Crippen molar-refractivity contribution < 1.29 is 9.90 Å². The number of nitrogens with two attached hydrogens (primary N) is 1. The maximum Gasteiger partial charge on any atom is 0.241 e. The Kier molecular flexibility index (Phi) is 4.95. The summed E-state index contributed by atoms with van der Waals surface area (Å²) in [5.41, 5.74) is 6.54. The fourth-order valence-corrected chi connectivity index (χ4v) is 1.28. The van der Waals surface area contributed by atoms with Crippen LogP contribution in [-0.2, 0) is 4.79 Å². The molecule has 4 heteroatoms. The smallest absolute Gasteiger partial charge is 0.241 e. The Bertz CT molecular complexity index is 327. The Morgan fingerprint density at radius 2 is 2.06 bits per heavy atom. The first-order chi connectivity index (χ1) is 7.65. The van der Waals surface area contributed by atoms with Gasteiger partial charge in [0.15, 0.2) is 0 Å². The van der Waals surface area contributed by atoms with Crippen LogP contribution in [0.3, 0.4) is 0 Å². The highest BCUT2D eigenvalue weighted by atomic mass is 16.3. The molecule has 0 saturated carbocycles. The van der Waals surface area contributed by atoms with Crippen molar-refractivity contribution in [2.24, 2.45) is 5.73 Å². The van der Waals surface area contributed by atoms with Gasteiger partial charge in [-0.25, -0.2) is 0 Å². The first kappa shape index (κ1) is 12.7. The Morgan fingerprint density at radius 3 is 2.62 bits per heavy atom. The van der Waals surface area contributed by atoms with E-state index in [1.165, 1.54) is 0 Å². The van der Waals surface area contributed by atoms with Gasteiger partial charge in [0.2, 0.25) is 5.91 Å². The van der Waals surface area contributed by atoms with E-state index < -0.39 is 12.1 Å². The predicted molar refractivity (Wildman–Crippen MR) is 62.7 cm³/mol. The van der Waals surface area contributed by atoms with Crippen LogP contribution < -0.4 is 11.1 Å². The van der Waals surface area contributed by atoms with E-state index in [4.69, 9.17) is 5.73 Å². The van der Waals surface area contributed by atoms with E-state index in [-0.39, 0.29) is 12.5 Å². The van der Waals surface area contributed by atoms with Crippen LogP contribution in [0.5, 0.6) is 0 Å². The lowest BCUT2D eigenvalue weighted by molar-refractivity contribution is -0.122. The highest BCUT2D eigenvalue weighted by Crippen LogP contribution is 2.08. The minimum Gasteiger partial charge on any atom is -0.391 e. The van der Waals surface area contributed by atoms with Crippen molar-refractivity contribution in [3.8, 4) is 0 Å². The number of aliphatic hydroxyl groups excluding tert-OH is 1. The van der Waals surface area contributed by atoms with E-state index >= 15 is 0 Å². The molecule has 0 aliphatic rings. The normalized spacial score (nSPS) is 14.2. The molecule has 1 aromatic carbocycles. The van der Waals surface area contributed by atoms with Crippen LogP contribution in [0.25, 0.3) is 0 Å². The molecule has 0 aromatic heterocycles. The SMILES string of the molecule is CCC(O)CNC(=O)C(N)c1ccccc1. The number of hydrogen-bond donors (Lipinski definition) is 3. The van der Waals surface area contributed by atoms with Crippen LogP contribution in [0, 0.1) is 0 Å². The Morgan fingerprint density at radius 1 is 1.44 bits per heavy atom. The third-order valence-corrected chi connectivity index (χ3v) is 2.42. The van der Waals surface area contributed by atoms with E-state index in [2.05, 4.69) is 5.32 Å². The molecule has 1 aromatic rings. The lowest BCUT2D eigenvalue weighted by Crippen LogP contribution is -2.38. The van der Waals surface area contributed by atoms with Gasteiger partial charge in [0.05, 0.1) is 6.10 Å². The number of carbonyl (C=O) groups is 1. The summed E-state index contributed by atoms with van der Waals surface area (Å²) in [7, 11) is 0. The van der Waals surface area contributed by atoms with Gasteiger partial charge in [-0.05, 0) is 12.0 Å². The molecule has 0 spiro atoms. The van der Waals surface area contributed by atoms with Crippen LogP contribution in [0.1, 0.15) is 24.9 Å². The molecule has 0 aliphatic heterocycles. The topological polar surface area (TPSA) is 75.3 Å². The number of amides is 1. The molecule has 1 amide bonds. The third-order valence-electron chi connectivity index (χ3n) is 2.42. The molecule has 0 heterocycles. The summed E-state index contributed by atoms with van der Waals surface area (Å²) in [5, 5.41) is 11.9. The van der Waals surface area contributed by atoms with Gasteiger partial charge < -0.3 is 16.2 Å². The quantitative estimate of drug-likeness (QED) is 0.682. The molecule has 16 heavy (non-hydrogen) atoms. The first-order valence-electron chi connectivity index (χ1n) is 5.41. The van der Waals surface area contributed by atoms with Gasteiger partial charge in [0.1, 0.15) is 6.04 Å². The molecule has 0 aliphatic carbocycles. The zero-order valence-electron chi connectivity index (χ0n) is 9.39. The maximum absolute atomic E-state index is 11.6. The van der Waals surface area contributed by atoms with Gasteiger partial charge in [-0.15, -0.1) is 0 Å². The molecule has 2 unspecified atom stereocenters. The fraction of sp³-hybridized carbons (Fsp3) is 0.417. The zero-order chi connectivity index (χ0) is 12.0. The largest absolute Gasteiger partial charge is 0.391 e. The molecule has 0 fully saturated rings. The number of nitrogens with one attached hydrogen (secondary N) is 1. The van der Waals surface area contributed by atoms with E-state index in [1.54, 1.807) is 12.1 Å². The van der Waals surface area contributed by atoms with E-state index in [0.717, 1.165) is 5.56 Å². The first-order valence-corrected chi connectivity index (χ1v) is 5.41. The van der Waals surface area contributed by atoms with Gasteiger partial charge in [0, 0.05) is 6.54 Å².